The highest BCUT2D eigenvalue weighted by Crippen LogP contribution is 2.38. The number of para-hydroxylation sites is 2. The van der Waals surface area contributed by atoms with Gasteiger partial charge in [-0.05, 0) is 55.0 Å². The lowest BCUT2D eigenvalue weighted by atomic mass is 9.96. The van der Waals surface area contributed by atoms with Crippen LogP contribution in [0.15, 0.2) is 78.3 Å². The highest BCUT2D eigenvalue weighted by molar-refractivity contribution is 6.36. The summed E-state index contributed by atoms with van der Waals surface area (Å²) in [6.45, 7) is 1.83. The van der Waals surface area contributed by atoms with Crippen molar-refractivity contribution in [3.63, 3.8) is 0 Å². The zero-order chi connectivity index (χ0) is 24.5. The van der Waals surface area contributed by atoms with Crippen LogP contribution in [0, 0.1) is 0 Å². The van der Waals surface area contributed by atoms with Crippen LogP contribution in [0.4, 0.5) is 11.6 Å². The zero-order valence-electron chi connectivity index (χ0n) is 18.8. The molecule has 2 aromatic heterocycles. The number of anilines is 2. The number of nitrogens with zero attached hydrogens (tertiary/aromatic N) is 4. The van der Waals surface area contributed by atoms with Crippen LogP contribution in [0.3, 0.4) is 0 Å². The molecular weight excluding hydrogens is 487 g/mol. The van der Waals surface area contributed by atoms with Crippen LogP contribution < -0.4 is 15.4 Å². The van der Waals surface area contributed by atoms with Gasteiger partial charge >= 0.3 is 0 Å². The summed E-state index contributed by atoms with van der Waals surface area (Å²) < 4.78 is 7.08. The molecule has 1 aliphatic rings. The third-order valence-electron chi connectivity index (χ3n) is 5.65. The van der Waals surface area contributed by atoms with Crippen LogP contribution in [-0.4, -0.2) is 32.8 Å². The van der Waals surface area contributed by atoms with E-state index in [1.165, 1.54) is 0 Å². The predicted octanol–water partition coefficient (Wildman–Crippen LogP) is 5.58. The number of rotatable bonds is 5. The van der Waals surface area contributed by atoms with Gasteiger partial charge in [0.15, 0.2) is 5.82 Å². The fourth-order valence-corrected chi connectivity index (χ4v) is 4.51. The number of halogens is 2. The first-order chi connectivity index (χ1) is 17.0. The molecule has 8 nitrogen and oxygen atoms in total. The van der Waals surface area contributed by atoms with Crippen LogP contribution in [0.25, 0.3) is 11.4 Å². The summed E-state index contributed by atoms with van der Waals surface area (Å²) in [7, 11) is 1.56. The third kappa shape index (κ3) is 4.34. The standard InChI is InChI=1S/C25H20Cl2N6O2/c1-14-21(24(34)30-19-5-3-4-6-20(19)35-2)22(15-9-11-28-12-10-15)33-25(29-14)31-23(32-33)17-8-7-16(26)13-18(17)27/h3-13,22H,1-2H3,(H,30,34)(H,29,31,32). The van der Waals surface area contributed by atoms with Crippen molar-refractivity contribution in [2.75, 3.05) is 17.7 Å². The molecule has 0 radical (unpaired) electrons. The van der Waals surface area contributed by atoms with Gasteiger partial charge < -0.3 is 15.4 Å². The molecule has 0 spiro atoms. The Bertz CT molecular complexity index is 1450. The molecule has 0 saturated carbocycles. The second kappa shape index (κ2) is 9.40. The molecule has 0 aliphatic carbocycles. The number of carbonyl (C=O) groups is 1. The molecule has 4 aromatic rings. The van der Waals surface area contributed by atoms with Crippen molar-refractivity contribution in [3.05, 3.63) is 93.9 Å². The first-order valence-electron chi connectivity index (χ1n) is 10.7. The molecule has 2 aromatic carbocycles. The maximum atomic E-state index is 13.6. The average molecular weight is 507 g/mol. The van der Waals surface area contributed by atoms with Crippen LogP contribution in [0.5, 0.6) is 5.75 Å². The van der Waals surface area contributed by atoms with Crippen molar-refractivity contribution in [2.24, 2.45) is 0 Å². The maximum absolute atomic E-state index is 13.6. The van der Waals surface area contributed by atoms with Gasteiger partial charge in [-0.1, -0.05) is 35.3 Å². The number of aromatic nitrogens is 4. The van der Waals surface area contributed by atoms with Gasteiger partial charge in [-0.3, -0.25) is 9.78 Å². The summed E-state index contributed by atoms with van der Waals surface area (Å²) >= 11 is 12.5. The number of benzene rings is 2. The molecule has 10 heteroatoms. The van der Waals surface area contributed by atoms with E-state index in [-0.39, 0.29) is 5.91 Å². The Morgan fingerprint density at radius 3 is 2.63 bits per heavy atom. The number of pyridine rings is 1. The molecule has 35 heavy (non-hydrogen) atoms. The smallest absolute Gasteiger partial charge is 0.255 e. The third-order valence-corrected chi connectivity index (χ3v) is 6.19. The normalized spacial score (nSPS) is 14.8. The number of carbonyl (C=O) groups excluding carboxylic acids is 1. The number of allylic oxidation sites excluding steroid dienone is 1. The minimum atomic E-state index is -0.559. The molecule has 1 atom stereocenters. The maximum Gasteiger partial charge on any atom is 0.255 e. The minimum Gasteiger partial charge on any atom is -0.495 e. The van der Waals surface area contributed by atoms with E-state index in [2.05, 4.69) is 20.6 Å². The van der Waals surface area contributed by atoms with Crippen molar-refractivity contribution in [3.8, 4) is 17.1 Å². The fraction of sp³-hybridized carbons (Fsp3) is 0.120. The van der Waals surface area contributed by atoms with Gasteiger partial charge in [0, 0.05) is 28.7 Å². The van der Waals surface area contributed by atoms with E-state index in [0.29, 0.717) is 50.1 Å². The van der Waals surface area contributed by atoms with Crippen molar-refractivity contribution >= 4 is 40.7 Å². The van der Waals surface area contributed by atoms with E-state index in [4.69, 9.17) is 33.0 Å². The largest absolute Gasteiger partial charge is 0.495 e. The SMILES string of the molecule is COc1ccccc1NC(=O)C1=C(C)Nc2nc(-c3ccc(Cl)cc3Cl)nn2C1c1ccncc1. The lowest BCUT2D eigenvalue weighted by molar-refractivity contribution is -0.113. The molecule has 3 heterocycles. The van der Waals surface area contributed by atoms with Crippen LogP contribution in [0.1, 0.15) is 18.5 Å². The summed E-state index contributed by atoms with van der Waals surface area (Å²) in [5.41, 5.74) is 3.14. The number of methoxy groups -OCH3 is 1. The van der Waals surface area contributed by atoms with E-state index < -0.39 is 6.04 Å². The summed E-state index contributed by atoms with van der Waals surface area (Å²) in [6.07, 6.45) is 3.35. The van der Waals surface area contributed by atoms with Crippen molar-refractivity contribution < 1.29 is 9.53 Å². The Morgan fingerprint density at radius 1 is 1.11 bits per heavy atom. The molecular formula is C25H20Cl2N6O2. The van der Waals surface area contributed by atoms with Crippen molar-refractivity contribution in [2.45, 2.75) is 13.0 Å². The summed E-state index contributed by atoms with van der Waals surface area (Å²) in [6, 6.07) is 15.5. The summed E-state index contributed by atoms with van der Waals surface area (Å²) in [4.78, 5) is 22.4. The van der Waals surface area contributed by atoms with E-state index in [1.54, 1.807) is 54.5 Å². The van der Waals surface area contributed by atoms with Gasteiger partial charge in [-0.15, -0.1) is 5.10 Å². The molecule has 1 aliphatic heterocycles. The first-order valence-corrected chi connectivity index (χ1v) is 11.5. The van der Waals surface area contributed by atoms with Crippen LogP contribution in [-0.2, 0) is 4.79 Å². The Hall–Kier alpha value is -3.88. The predicted molar refractivity (Wildman–Crippen MR) is 136 cm³/mol. The lowest BCUT2D eigenvalue weighted by Gasteiger charge is -2.28. The molecule has 2 N–H and O–H groups in total. The average Bonchev–Trinajstić information content (AvgIpc) is 3.27. The zero-order valence-corrected chi connectivity index (χ0v) is 20.3. The monoisotopic (exact) mass is 506 g/mol. The highest BCUT2D eigenvalue weighted by atomic mass is 35.5. The minimum absolute atomic E-state index is 0.298. The Kier molecular flexibility index (Phi) is 6.15. The Balaban J connectivity index is 1.60. The molecule has 0 bridgehead atoms. The molecule has 1 amide bonds. The van der Waals surface area contributed by atoms with E-state index in [9.17, 15) is 4.79 Å². The number of ether oxygens (including phenoxy) is 1. The quantitative estimate of drug-likeness (QED) is 0.366. The van der Waals surface area contributed by atoms with E-state index >= 15 is 0 Å². The molecule has 0 saturated heterocycles. The number of hydrogen-bond donors (Lipinski definition) is 2. The number of fused-ring (bicyclic) bond motifs is 1. The van der Waals surface area contributed by atoms with Gasteiger partial charge in [0.05, 0.1) is 23.4 Å². The van der Waals surface area contributed by atoms with Crippen LogP contribution >= 0.6 is 23.2 Å². The lowest BCUT2D eigenvalue weighted by Crippen LogP contribution is -2.31. The van der Waals surface area contributed by atoms with Gasteiger partial charge in [-0.2, -0.15) is 4.98 Å². The van der Waals surface area contributed by atoms with Gasteiger partial charge in [0.2, 0.25) is 5.95 Å². The van der Waals surface area contributed by atoms with Crippen LogP contribution in [0.2, 0.25) is 10.0 Å². The first kappa shape index (κ1) is 22.9. The summed E-state index contributed by atoms with van der Waals surface area (Å²) in [5.74, 6) is 1.16. The molecule has 1 unspecified atom stereocenters. The second-order valence-corrected chi connectivity index (χ2v) is 8.67. The molecule has 5 rings (SSSR count). The fourth-order valence-electron chi connectivity index (χ4n) is 4.02. The van der Waals surface area contributed by atoms with Gasteiger partial charge in [-0.25, -0.2) is 4.68 Å². The van der Waals surface area contributed by atoms with Gasteiger partial charge in [0.25, 0.3) is 5.91 Å². The van der Waals surface area contributed by atoms with E-state index in [0.717, 1.165) is 5.56 Å². The molecule has 176 valence electrons. The topological polar surface area (TPSA) is 94.0 Å². The Labute approximate surface area is 211 Å². The van der Waals surface area contributed by atoms with Crippen molar-refractivity contribution in [1.29, 1.82) is 0 Å². The number of hydrogen-bond acceptors (Lipinski definition) is 6. The summed E-state index contributed by atoms with van der Waals surface area (Å²) in [5, 5.41) is 11.9. The Morgan fingerprint density at radius 2 is 1.89 bits per heavy atom. The number of nitrogens with one attached hydrogen (secondary N) is 2. The highest BCUT2D eigenvalue weighted by Gasteiger charge is 2.35. The van der Waals surface area contributed by atoms with Crippen molar-refractivity contribution in [1.82, 2.24) is 19.7 Å². The molecule has 0 fully saturated rings. The number of amides is 1. The van der Waals surface area contributed by atoms with E-state index in [1.807, 2.05) is 31.2 Å². The second-order valence-electron chi connectivity index (χ2n) is 7.83. The van der Waals surface area contributed by atoms with Gasteiger partial charge in [0.1, 0.15) is 11.8 Å².